The van der Waals surface area contributed by atoms with Crippen molar-refractivity contribution < 1.29 is 8.42 Å². The van der Waals surface area contributed by atoms with E-state index in [1.54, 1.807) is 25.5 Å². The highest BCUT2D eigenvalue weighted by Crippen LogP contribution is 2.27. The molecule has 10 heteroatoms. The topological polar surface area (TPSA) is 89.8 Å². The Hall–Kier alpha value is -1.03. The third-order valence-corrected chi connectivity index (χ3v) is 5.85. The minimum atomic E-state index is -3.67. The number of aryl methyl sites for hydroxylation is 2. The second-order valence-electron chi connectivity index (χ2n) is 3.98. The molecule has 1 N–H and O–H groups in total. The zero-order valence-electron chi connectivity index (χ0n) is 10.5. The lowest BCUT2D eigenvalue weighted by molar-refractivity contribution is 0.554. The smallest absolute Gasteiger partial charge is 0.252 e. The van der Waals surface area contributed by atoms with E-state index in [9.17, 15) is 8.42 Å². The zero-order chi connectivity index (χ0) is 14.2. The Labute approximate surface area is 119 Å². The van der Waals surface area contributed by atoms with Gasteiger partial charge in [0.25, 0.3) is 10.0 Å². The van der Waals surface area contributed by atoms with Crippen LogP contribution < -0.4 is 4.72 Å². The van der Waals surface area contributed by atoms with Crippen LogP contribution in [0.2, 0.25) is 4.47 Å². The van der Waals surface area contributed by atoms with Gasteiger partial charge >= 0.3 is 0 Å². The van der Waals surface area contributed by atoms with Gasteiger partial charge < -0.3 is 4.57 Å². The monoisotopic (exact) mass is 321 g/mol. The summed E-state index contributed by atoms with van der Waals surface area (Å²) in [5.74, 6) is 0.525. The molecule has 0 bridgehead atoms. The maximum Gasteiger partial charge on any atom is 0.252 e. The van der Waals surface area contributed by atoms with Crippen molar-refractivity contribution in [3.05, 3.63) is 22.3 Å². The maximum absolute atomic E-state index is 12.2. The molecule has 0 aliphatic rings. The molecule has 2 heterocycles. The van der Waals surface area contributed by atoms with Gasteiger partial charge in [-0.25, -0.2) is 13.4 Å². The summed E-state index contributed by atoms with van der Waals surface area (Å²) in [5, 5.41) is 7.58. The van der Waals surface area contributed by atoms with Gasteiger partial charge in [0, 0.05) is 7.05 Å². The van der Waals surface area contributed by atoms with Gasteiger partial charge in [-0.05, 0) is 13.8 Å². The summed E-state index contributed by atoms with van der Waals surface area (Å²) in [5.41, 5.74) is 0.382. The Kier molecular flexibility index (Phi) is 3.90. The second kappa shape index (κ2) is 5.16. The number of thiazole rings is 1. The van der Waals surface area contributed by atoms with Crippen LogP contribution in [-0.4, -0.2) is 28.2 Å². The lowest BCUT2D eigenvalue weighted by Gasteiger charge is -2.12. The van der Waals surface area contributed by atoms with E-state index in [2.05, 4.69) is 19.9 Å². The normalized spacial score (nSPS) is 13.7. The van der Waals surface area contributed by atoms with Gasteiger partial charge in [0.1, 0.15) is 12.2 Å². The number of hydrogen-bond acceptors (Lipinski definition) is 6. The molecule has 0 aromatic carbocycles. The fourth-order valence-electron chi connectivity index (χ4n) is 1.62. The van der Waals surface area contributed by atoms with E-state index >= 15 is 0 Å². The predicted molar refractivity (Wildman–Crippen MR) is 71.6 cm³/mol. The van der Waals surface area contributed by atoms with Gasteiger partial charge in [0.15, 0.2) is 8.68 Å². The Morgan fingerprint density at radius 2 is 2.21 bits per heavy atom. The van der Waals surface area contributed by atoms with E-state index in [0.717, 1.165) is 11.3 Å². The van der Waals surface area contributed by atoms with Crippen LogP contribution in [-0.2, 0) is 17.1 Å². The molecule has 0 saturated heterocycles. The minimum Gasteiger partial charge on any atom is -0.319 e. The van der Waals surface area contributed by atoms with Crippen molar-refractivity contribution in [1.29, 1.82) is 0 Å². The molecule has 0 aliphatic carbocycles. The average molecular weight is 322 g/mol. The summed E-state index contributed by atoms with van der Waals surface area (Å²) in [6.07, 6.45) is 1.51. The largest absolute Gasteiger partial charge is 0.319 e. The second-order valence-corrected chi connectivity index (χ2v) is 7.47. The average Bonchev–Trinajstić information content (AvgIpc) is 2.84. The van der Waals surface area contributed by atoms with Crippen LogP contribution in [0.15, 0.2) is 10.5 Å². The van der Waals surface area contributed by atoms with E-state index in [1.165, 1.54) is 6.33 Å². The van der Waals surface area contributed by atoms with Gasteiger partial charge in [-0.2, -0.15) is 4.72 Å². The first-order valence-electron chi connectivity index (χ1n) is 5.30. The van der Waals surface area contributed by atoms with Gasteiger partial charge in [0.2, 0.25) is 0 Å². The first kappa shape index (κ1) is 14.4. The van der Waals surface area contributed by atoms with Crippen molar-refractivity contribution in [3.8, 4) is 0 Å². The van der Waals surface area contributed by atoms with Crippen LogP contribution >= 0.6 is 22.9 Å². The molecule has 0 fully saturated rings. The molecule has 19 heavy (non-hydrogen) atoms. The first-order chi connectivity index (χ1) is 8.81. The Balaban J connectivity index is 2.28. The standard InChI is InChI=1S/C9H12ClN5O2S2/c1-5(7-13-11-4-15(7)3)14-19(16,17)8-6(2)12-9(10)18-8/h4-5,14H,1-3H3. The SMILES string of the molecule is Cc1nc(Cl)sc1S(=O)(=O)NC(C)c1nncn1C. The van der Waals surface area contributed by atoms with Crippen molar-refractivity contribution in [2.75, 3.05) is 0 Å². The zero-order valence-corrected chi connectivity index (χ0v) is 12.8. The molecule has 0 aliphatic heterocycles. The number of rotatable bonds is 4. The minimum absolute atomic E-state index is 0.117. The van der Waals surface area contributed by atoms with E-state index in [4.69, 9.17) is 11.6 Å². The molecule has 2 rings (SSSR count). The van der Waals surface area contributed by atoms with Crippen LogP contribution in [0.3, 0.4) is 0 Å². The highest BCUT2D eigenvalue weighted by Gasteiger charge is 2.25. The number of sulfonamides is 1. The van der Waals surface area contributed by atoms with Crippen molar-refractivity contribution in [3.63, 3.8) is 0 Å². The van der Waals surface area contributed by atoms with Gasteiger partial charge in [0.05, 0.1) is 11.7 Å². The molecule has 0 radical (unpaired) electrons. The number of nitrogens with zero attached hydrogens (tertiary/aromatic N) is 4. The lowest BCUT2D eigenvalue weighted by atomic mass is 10.3. The number of hydrogen-bond donors (Lipinski definition) is 1. The molecular weight excluding hydrogens is 310 g/mol. The summed E-state index contributed by atoms with van der Waals surface area (Å²) in [4.78, 5) is 3.90. The summed E-state index contributed by atoms with van der Waals surface area (Å²) < 4.78 is 29.0. The highest BCUT2D eigenvalue weighted by atomic mass is 35.5. The molecular formula is C9H12ClN5O2S2. The van der Waals surface area contributed by atoms with Crippen LogP contribution in [0, 0.1) is 6.92 Å². The lowest BCUT2D eigenvalue weighted by Crippen LogP contribution is -2.28. The first-order valence-corrected chi connectivity index (χ1v) is 7.98. The van der Waals surface area contributed by atoms with Gasteiger partial charge in [-0.3, -0.25) is 0 Å². The maximum atomic E-state index is 12.2. The fourth-order valence-corrected chi connectivity index (χ4v) is 4.58. The summed E-state index contributed by atoms with van der Waals surface area (Å²) in [6, 6.07) is -0.502. The summed E-state index contributed by atoms with van der Waals surface area (Å²) >= 11 is 6.65. The molecule has 2 aromatic rings. The third-order valence-electron chi connectivity index (χ3n) is 2.44. The van der Waals surface area contributed by atoms with Crippen molar-refractivity contribution in [2.45, 2.75) is 24.1 Å². The van der Waals surface area contributed by atoms with Crippen molar-refractivity contribution >= 4 is 33.0 Å². The summed E-state index contributed by atoms with van der Waals surface area (Å²) in [6.45, 7) is 3.30. The molecule has 0 saturated carbocycles. The van der Waals surface area contributed by atoms with Gasteiger partial charge in [-0.15, -0.1) is 10.2 Å². The van der Waals surface area contributed by atoms with Crippen molar-refractivity contribution in [1.82, 2.24) is 24.5 Å². The van der Waals surface area contributed by atoms with E-state index in [1.807, 2.05) is 0 Å². The molecule has 1 atom stereocenters. The number of nitrogens with one attached hydrogen (secondary N) is 1. The molecule has 1 unspecified atom stereocenters. The molecule has 0 spiro atoms. The van der Waals surface area contributed by atoms with Crippen molar-refractivity contribution in [2.24, 2.45) is 7.05 Å². The quantitative estimate of drug-likeness (QED) is 0.916. The van der Waals surface area contributed by atoms with Crippen LogP contribution in [0.1, 0.15) is 24.5 Å². The molecule has 0 amide bonds. The van der Waals surface area contributed by atoms with Crippen LogP contribution in [0.4, 0.5) is 0 Å². The summed E-state index contributed by atoms with van der Waals surface area (Å²) in [7, 11) is -1.93. The number of aromatic nitrogens is 4. The van der Waals surface area contributed by atoms with E-state index in [-0.39, 0.29) is 8.68 Å². The molecule has 7 nitrogen and oxygen atoms in total. The van der Waals surface area contributed by atoms with Crippen LogP contribution in [0.5, 0.6) is 0 Å². The van der Waals surface area contributed by atoms with E-state index in [0.29, 0.717) is 11.5 Å². The van der Waals surface area contributed by atoms with Crippen LogP contribution in [0.25, 0.3) is 0 Å². The fraction of sp³-hybridized carbons (Fsp3) is 0.444. The third kappa shape index (κ3) is 2.94. The Morgan fingerprint density at radius 3 is 2.68 bits per heavy atom. The Morgan fingerprint density at radius 1 is 1.53 bits per heavy atom. The highest BCUT2D eigenvalue weighted by molar-refractivity contribution is 7.91. The predicted octanol–water partition coefficient (Wildman–Crippen LogP) is 1.27. The van der Waals surface area contributed by atoms with Gasteiger partial charge in [-0.1, -0.05) is 22.9 Å². The molecule has 2 aromatic heterocycles. The number of halogens is 1. The molecule has 104 valence electrons. The Bertz CT molecular complexity index is 693. The van der Waals surface area contributed by atoms with E-state index < -0.39 is 16.1 Å².